The first-order valence-electron chi connectivity index (χ1n) is 8.43. The lowest BCUT2D eigenvalue weighted by molar-refractivity contribution is 0.360. The topological polar surface area (TPSA) is 12.0 Å². The maximum absolute atomic E-state index is 6.50. The summed E-state index contributed by atoms with van der Waals surface area (Å²) in [5, 5.41) is 5.39. The molecule has 2 aliphatic carbocycles. The number of hydrogen-bond donors (Lipinski definition) is 1. The van der Waals surface area contributed by atoms with Gasteiger partial charge in [0.05, 0.1) is 0 Å². The zero-order valence-electron chi connectivity index (χ0n) is 12.6. The van der Waals surface area contributed by atoms with E-state index < -0.39 is 0 Å². The predicted octanol–water partition coefficient (Wildman–Crippen LogP) is 5.80. The summed E-state index contributed by atoms with van der Waals surface area (Å²) in [6.45, 7) is 1.03. The van der Waals surface area contributed by atoms with Crippen molar-refractivity contribution in [3.05, 3.63) is 33.8 Å². The number of nitrogens with one attached hydrogen (secondary N) is 1. The number of hydrogen-bond acceptors (Lipinski definition) is 1. The van der Waals surface area contributed by atoms with Crippen LogP contribution in [0.3, 0.4) is 0 Å². The predicted molar refractivity (Wildman–Crippen MR) is 91.4 cm³/mol. The van der Waals surface area contributed by atoms with Crippen LogP contribution in [0.4, 0.5) is 0 Å². The molecule has 116 valence electrons. The van der Waals surface area contributed by atoms with Gasteiger partial charge in [0.25, 0.3) is 0 Å². The first-order valence-corrected chi connectivity index (χ1v) is 9.18. The highest BCUT2D eigenvalue weighted by Crippen LogP contribution is 2.41. The number of halogens is 2. The van der Waals surface area contributed by atoms with E-state index in [1.807, 2.05) is 18.2 Å². The van der Waals surface area contributed by atoms with E-state index in [4.69, 9.17) is 23.2 Å². The molecule has 1 N–H and O–H groups in total. The molecule has 1 aromatic carbocycles. The first kappa shape index (κ1) is 15.6. The molecule has 3 rings (SSSR count). The van der Waals surface area contributed by atoms with Crippen LogP contribution in [0, 0.1) is 5.92 Å². The van der Waals surface area contributed by atoms with Gasteiger partial charge in [0.2, 0.25) is 0 Å². The average Bonchev–Trinajstić information content (AvgIpc) is 3.28. The molecule has 1 nitrogen and oxygen atoms in total. The molecule has 1 atom stereocenters. The average molecular weight is 326 g/mol. The van der Waals surface area contributed by atoms with Crippen LogP contribution in [0.5, 0.6) is 0 Å². The summed E-state index contributed by atoms with van der Waals surface area (Å²) in [6, 6.07) is 6.67. The number of benzene rings is 1. The molecule has 2 fully saturated rings. The fraction of sp³-hybridized carbons (Fsp3) is 0.667. The largest absolute Gasteiger partial charge is 0.313 e. The molecule has 21 heavy (non-hydrogen) atoms. The maximum atomic E-state index is 6.50. The molecule has 1 unspecified atom stereocenters. The lowest BCUT2D eigenvalue weighted by atomic mass is 9.81. The maximum Gasteiger partial charge on any atom is 0.0456 e. The van der Waals surface area contributed by atoms with Gasteiger partial charge >= 0.3 is 0 Å². The first-order chi connectivity index (χ1) is 10.3. The van der Waals surface area contributed by atoms with Gasteiger partial charge in [-0.05, 0) is 49.3 Å². The Morgan fingerprint density at radius 1 is 0.952 bits per heavy atom. The van der Waals surface area contributed by atoms with Gasteiger partial charge in [0, 0.05) is 28.5 Å². The van der Waals surface area contributed by atoms with Crippen molar-refractivity contribution in [2.75, 3.05) is 6.54 Å². The summed E-state index contributed by atoms with van der Waals surface area (Å²) in [5.74, 6) is 1.18. The second-order valence-corrected chi connectivity index (χ2v) is 7.49. The zero-order chi connectivity index (χ0) is 14.7. The van der Waals surface area contributed by atoms with Crippen LogP contribution in [0.1, 0.15) is 62.8 Å². The van der Waals surface area contributed by atoms with Gasteiger partial charge in [-0.3, -0.25) is 0 Å². The molecule has 1 aromatic rings. The highest BCUT2D eigenvalue weighted by molar-refractivity contribution is 6.36. The van der Waals surface area contributed by atoms with Gasteiger partial charge in [-0.1, -0.05) is 55.0 Å². The molecule has 0 radical (unpaired) electrons. The third kappa shape index (κ3) is 4.15. The summed E-state index contributed by atoms with van der Waals surface area (Å²) in [6.07, 6.45) is 10.8. The minimum atomic E-state index is 0.463. The molecule has 0 spiro atoms. The quantitative estimate of drug-likeness (QED) is 0.674. The van der Waals surface area contributed by atoms with Crippen LogP contribution in [0.2, 0.25) is 10.0 Å². The second-order valence-electron chi connectivity index (χ2n) is 6.68. The van der Waals surface area contributed by atoms with Gasteiger partial charge in [0.15, 0.2) is 0 Å². The highest BCUT2D eigenvalue weighted by Gasteiger charge is 2.30. The molecule has 2 saturated carbocycles. The number of rotatable bonds is 5. The molecule has 0 aromatic heterocycles. The summed E-state index contributed by atoms with van der Waals surface area (Å²) in [4.78, 5) is 0. The molecular weight excluding hydrogens is 301 g/mol. The molecule has 0 amide bonds. The van der Waals surface area contributed by atoms with Crippen molar-refractivity contribution in [2.24, 2.45) is 5.92 Å². The van der Waals surface area contributed by atoms with Crippen molar-refractivity contribution in [1.29, 1.82) is 0 Å². The summed E-state index contributed by atoms with van der Waals surface area (Å²) in [7, 11) is 0. The van der Waals surface area contributed by atoms with E-state index in [0.29, 0.717) is 5.92 Å². The summed E-state index contributed by atoms with van der Waals surface area (Å²) >= 11 is 13.0. The molecular formula is C18H25Cl2N. The fourth-order valence-electron chi connectivity index (χ4n) is 3.66. The highest BCUT2D eigenvalue weighted by atomic mass is 35.5. The Balaban J connectivity index is 1.82. The van der Waals surface area contributed by atoms with Crippen molar-refractivity contribution in [2.45, 2.75) is 63.3 Å². The van der Waals surface area contributed by atoms with Crippen molar-refractivity contribution in [1.82, 2.24) is 5.32 Å². The molecule has 0 heterocycles. The van der Waals surface area contributed by atoms with E-state index in [1.165, 1.54) is 56.9 Å². The van der Waals surface area contributed by atoms with Gasteiger partial charge in [-0.25, -0.2) is 0 Å². The molecule has 3 heteroatoms. The van der Waals surface area contributed by atoms with E-state index in [-0.39, 0.29) is 0 Å². The minimum absolute atomic E-state index is 0.463. The van der Waals surface area contributed by atoms with Gasteiger partial charge in [-0.2, -0.15) is 0 Å². The molecule has 0 aliphatic heterocycles. The van der Waals surface area contributed by atoms with E-state index >= 15 is 0 Å². The fourth-order valence-corrected chi connectivity index (χ4v) is 4.34. The monoisotopic (exact) mass is 325 g/mol. The Morgan fingerprint density at radius 2 is 1.57 bits per heavy atom. The minimum Gasteiger partial charge on any atom is -0.313 e. The van der Waals surface area contributed by atoms with Crippen molar-refractivity contribution in [3.8, 4) is 0 Å². The Labute approximate surface area is 138 Å². The van der Waals surface area contributed by atoms with E-state index in [1.54, 1.807) is 0 Å². The van der Waals surface area contributed by atoms with E-state index in [9.17, 15) is 0 Å². The van der Waals surface area contributed by atoms with Crippen molar-refractivity contribution >= 4 is 23.2 Å². The van der Waals surface area contributed by atoms with Crippen LogP contribution in [0.15, 0.2) is 18.2 Å². The van der Waals surface area contributed by atoms with Gasteiger partial charge < -0.3 is 5.32 Å². The Hall–Kier alpha value is -0.240. The van der Waals surface area contributed by atoms with Crippen LogP contribution in [-0.2, 0) is 0 Å². The Bertz CT molecular complexity index is 442. The van der Waals surface area contributed by atoms with E-state index in [2.05, 4.69) is 5.32 Å². The van der Waals surface area contributed by atoms with Crippen molar-refractivity contribution in [3.63, 3.8) is 0 Å². The lowest BCUT2D eigenvalue weighted by Crippen LogP contribution is -2.28. The van der Waals surface area contributed by atoms with Crippen LogP contribution >= 0.6 is 23.2 Å². The smallest absolute Gasteiger partial charge is 0.0456 e. The van der Waals surface area contributed by atoms with Crippen LogP contribution in [0.25, 0.3) is 0 Å². The summed E-state index contributed by atoms with van der Waals surface area (Å²) < 4.78 is 0. The molecule has 2 aliphatic rings. The summed E-state index contributed by atoms with van der Waals surface area (Å²) in [5.41, 5.74) is 1.18. The molecule has 0 saturated heterocycles. The standard InChI is InChI=1S/C18H25Cl2N/c19-16-8-5-9-17(20)18(16)15(12-21-14-10-11-14)13-6-3-1-2-4-7-13/h5,8-9,13-15,21H,1-4,6-7,10-12H2. The second kappa shape index (κ2) is 7.35. The van der Waals surface area contributed by atoms with Crippen LogP contribution < -0.4 is 5.32 Å². The van der Waals surface area contributed by atoms with Gasteiger partial charge in [0.1, 0.15) is 0 Å². The van der Waals surface area contributed by atoms with Crippen molar-refractivity contribution < 1.29 is 0 Å². The third-order valence-electron chi connectivity index (χ3n) is 5.04. The Kier molecular flexibility index (Phi) is 5.48. The lowest BCUT2D eigenvalue weighted by Gasteiger charge is -2.28. The normalized spacial score (nSPS) is 22.0. The van der Waals surface area contributed by atoms with E-state index in [0.717, 1.165) is 28.5 Å². The van der Waals surface area contributed by atoms with Gasteiger partial charge in [-0.15, -0.1) is 0 Å². The molecule has 0 bridgehead atoms. The SMILES string of the molecule is Clc1cccc(Cl)c1C(CNC1CC1)C1CCCCCC1. The third-order valence-corrected chi connectivity index (χ3v) is 5.70. The zero-order valence-corrected chi connectivity index (χ0v) is 14.1. The van der Waals surface area contributed by atoms with Crippen LogP contribution in [-0.4, -0.2) is 12.6 Å². The Morgan fingerprint density at radius 3 is 2.14 bits per heavy atom.